The molecule has 5 rings (SSSR count). The summed E-state index contributed by atoms with van der Waals surface area (Å²) in [6.45, 7) is 3.21. The van der Waals surface area contributed by atoms with E-state index in [4.69, 9.17) is 9.47 Å². The number of fused-ring (bicyclic) bond motifs is 2. The van der Waals surface area contributed by atoms with E-state index in [1.165, 1.54) is 11.6 Å². The quantitative estimate of drug-likeness (QED) is 0.739. The molecule has 0 amide bonds. The van der Waals surface area contributed by atoms with Gasteiger partial charge in [-0.05, 0) is 72.2 Å². The Kier molecular flexibility index (Phi) is 5.51. The summed E-state index contributed by atoms with van der Waals surface area (Å²) in [6.07, 6.45) is 3.21. The van der Waals surface area contributed by atoms with E-state index in [1.54, 1.807) is 19.2 Å². The second kappa shape index (κ2) is 8.34. The predicted octanol–water partition coefficient (Wildman–Crippen LogP) is 4.63. The highest BCUT2D eigenvalue weighted by atomic mass is 19.1. The van der Waals surface area contributed by atoms with Crippen molar-refractivity contribution in [1.82, 2.24) is 4.90 Å². The van der Waals surface area contributed by atoms with E-state index in [1.807, 2.05) is 0 Å². The van der Waals surface area contributed by atoms with Crippen LogP contribution < -0.4 is 4.74 Å². The number of piperidine rings is 1. The maximum Gasteiger partial charge on any atom is 0.310 e. The molecule has 5 nitrogen and oxygen atoms in total. The molecule has 3 aliphatic rings. The number of rotatable bonds is 5. The van der Waals surface area contributed by atoms with Gasteiger partial charge in [0, 0.05) is 32.3 Å². The fourth-order valence-corrected chi connectivity index (χ4v) is 5.02. The molecule has 0 aromatic heterocycles. The maximum absolute atomic E-state index is 14.3. The standard InChI is InChI=1S/C26H28FNO4/c1-31-14-17-2-4-21-19(12-17)15-32-23-5-3-20(27)13-22(23)24(21)18-6-10-28(11-7-18)16-26(8-9-26)25(29)30/h2-5,12-13H,6-11,14-16H2,1H3,(H,29,30). The summed E-state index contributed by atoms with van der Waals surface area (Å²) in [7, 11) is 1.68. The van der Waals surface area contributed by atoms with Gasteiger partial charge in [0.1, 0.15) is 18.2 Å². The number of hydrogen-bond donors (Lipinski definition) is 1. The molecule has 0 radical (unpaired) electrons. The smallest absolute Gasteiger partial charge is 0.310 e. The fraction of sp³-hybridized carbons (Fsp3) is 0.423. The van der Waals surface area contributed by atoms with Gasteiger partial charge in [0.25, 0.3) is 0 Å². The lowest BCUT2D eigenvalue weighted by atomic mass is 9.86. The van der Waals surface area contributed by atoms with Crippen molar-refractivity contribution in [3.8, 4) is 5.75 Å². The molecule has 168 valence electrons. The third-order valence-electron chi connectivity index (χ3n) is 6.99. The van der Waals surface area contributed by atoms with Crippen LogP contribution in [0.15, 0.2) is 42.0 Å². The Morgan fingerprint density at radius 2 is 1.94 bits per heavy atom. The third kappa shape index (κ3) is 3.93. The average molecular weight is 438 g/mol. The van der Waals surface area contributed by atoms with E-state index in [9.17, 15) is 14.3 Å². The van der Waals surface area contributed by atoms with Crippen LogP contribution in [0.25, 0.3) is 5.57 Å². The first kappa shape index (κ1) is 21.2. The lowest BCUT2D eigenvalue weighted by molar-refractivity contribution is -0.144. The van der Waals surface area contributed by atoms with Gasteiger partial charge in [0.05, 0.1) is 12.0 Å². The molecule has 1 N–H and O–H groups in total. The summed E-state index contributed by atoms with van der Waals surface area (Å²) < 4.78 is 25.7. The molecule has 2 fully saturated rings. The zero-order valence-electron chi connectivity index (χ0n) is 18.3. The molecule has 1 saturated heterocycles. The minimum Gasteiger partial charge on any atom is -0.488 e. The van der Waals surface area contributed by atoms with Crippen LogP contribution in [0.5, 0.6) is 5.75 Å². The predicted molar refractivity (Wildman–Crippen MR) is 119 cm³/mol. The highest BCUT2D eigenvalue weighted by Crippen LogP contribution is 2.47. The molecule has 0 bridgehead atoms. The summed E-state index contributed by atoms with van der Waals surface area (Å²) in [5.41, 5.74) is 5.84. The van der Waals surface area contributed by atoms with Gasteiger partial charge < -0.3 is 19.5 Å². The van der Waals surface area contributed by atoms with Crippen molar-refractivity contribution in [3.05, 3.63) is 70.0 Å². The number of carboxylic acids is 1. The first-order chi connectivity index (χ1) is 15.5. The molecule has 2 aliphatic heterocycles. The van der Waals surface area contributed by atoms with E-state index in [-0.39, 0.29) is 5.82 Å². The van der Waals surface area contributed by atoms with Crippen LogP contribution in [-0.4, -0.2) is 42.7 Å². The van der Waals surface area contributed by atoms with Crippen LogP contribution in [0, 0.1) is 11.2 Å². The van der Waals surface area contributed by atoms with E-state index >= 15 is 0 Å². The van der Waals surface area contributed by atoms with Crippen LogP contribution in [0.1, 0.15) is 47.9 Å². The number of ether oxygens (including phenoxy) is 2. The summed E-state index contributed by atoms with van der Waals surface area (Å²) in [5, 5.41) is 9.53. The van der Waals surface area contributed by atoms with Crippen molar-refractivity contribution in [2.75, 3.05) is 26.7 Å². The topological polar surface area (TPSA) is 59.0 Å². The Hall–Kier alpha value is -2.70. The number of carbonyl (C=O) groups is 1. The van der Waals surface area contributed by atoms with Crippen molar-refractivity contribution in [2.45, 2.75) is 38.9 Å². The van der Waals surface area contributed by atoms with Crippen molar-refractivity contribution in [2.24, 2.45) is 5.41 Å². The van der Waals surface area contributed by atoms with Gasteiger partial charge in [-0.1, -0.05) is 17.7 Å². The van der Waals surface area contributed by atoms with Gasteiger partial charge in [0.2, 0.25) is 0 Å². The molecule has 1 aliphatic carbocycles. The fourth-order valence-electron chi connectivity index (χ4n) is 5.02. The Morgan fingerprint density at radius 1 is 1.16 bits per heavy atom. The molecule has 6 heteroatoms. The molecule has 0 atom stereocenters. The van der Waals surface area contributed by atoms with Crippen LogP contribution in [0.4, 0.5) is 4.39 Å². The Bertz CT molecular complexity index is 1080. The first-order valence-electron chi connectivity index (χ1n) is 11.2. The molecule has 2 aromatic carbocycles. The number of nitrogens with zero attached hydrogens (tertiary/aromatic N) is 1. The van der Waals surface area contributed by atoms with Gasteiger partial charge in [0.15, 0.2) is 0 Å². The van der Waals surface area contributed by atoms with Crippen molar-refractivity contribution < 1.29 is 23.8 Å². The monoisotopic (exact) mass is 437 g/mol. The Morgan fingerprint density at radius 3 is 2.62 bits per heavy atom. The van der Waals surface area contributed by atoms with Gasteiger partial charge in [-0.15, -0.1) is 0 Å². The molecule has 1 saturated carbocycles. The SMILES string of the molecule is COCc1ccc2c(c1)COc1ccc(F)cc1C2=C1CCN(CC2(C(=O)O)CC2)CC1. The second-order valence-corrected chi connectivity index (χ2v) is 9.19. The zero-order chi connectivity index (χ0) is 22.3. The highest BCUT2D eigenvalue weighted by Gasteiger charge is 2.51. The molecule has 32 heavy (non-hydrogen) atoms. The second-order valence-electron chi connectivity index (χ2n) is 9.19. The summed E-state index contributed by atoms with van der Waals surface area (Å²) in [4.78, 5) is 13.9. The number of hydrogen-bond acceptors (Lipinski definition) is 4. The van der Waals surface area contributed by atoms with Crippen molar-refractivity contribution in [1.29, 1.82) is 0 Å². The van der Waals surface area contributed by atoms with Gasteiger partial charge >= 0.3 is 5.97 Å². The van der Waals surface area contributed by atoms with Crippen LogP contribution >= 0.6 is 0 Å². The van der Waals surface area contributed by atoms with Crippen molar-refractivity contribution >= 4 is 11.5 Å². The number of likely N-dealkylation sites (tertiary alicyclic amines) is 1. The average Bonchev–Trinajstić information content (AvgIpc) is 3.58. The molecule has 0 unspecified atom stereocenters. The molecule has 0 spiro atoms. The minimum absolute atomic E-state index is 0.278. The van der Waals surface area contributed by atoms with E-state index in [2.05, 4.69) is 23.1 Å². The number of benzene rings is 2. The number of aliphatic carboxylic acids is 1. The van der Waals surface area contributed by atoms with Gasteiger partial charge in [-0.2, -0.15) is 0 Å². The maximum atomic E-state index is 14.3. The van der Waals surface area contributed by atoms with Crippen molar-refractivity contribution in [3.63, 3.8) is 0 Å². The lowest BCUT2D eigenvalue weighted by Crippen LogP contribution is -2.38. The summed E-state index contributed by atoms with van der Waals surface area (Å²) >= 11 is 0. The Labute approximate surface area is 187 Å². The van der Waals surface area contributed by atoms with Crippen LogP contribution in [0.3, 0.4) is 0 Å². The minimum atomic E-state index is -0.673. The number of carboxylic acid groups (broad SMARTS) is 1. The molecular weight excluding hydrogens is 409 g/mol. The first-order valence-corrected chi connectivity index (χ1v) is 11.2. The highest BCUT2D eigenvalue weighted by molar-refractivity contribution is 5.87. The third-order valence-corrected chi connectivity index (χ3v) is 6.99. The van der Waals surface area contributed by atoms with Gasteiger partial charge in [-0.25, -0.2) is 4.39 Å². The number of methoxy groups -OCH3 is 1. The number of halogens is 1. The molecule has 2 heterocycles. The summed E-state index contributed by atoms with van der Waals surface area (Å²) in [6, 6.07) is 11.0. The van der Waals surface area contributed by atoms with E-state index in [0.717, 1.165) is 66.6 Å². The van der Waals surface area contributed by atoms with Crippen LogP contribution in [0.2, 0.25) is 0 Å². The Balaban J connectivity index is 1.50. The molecular formula is C26H28FNO4. The van der Waals surface area contributed by atoms with Gasteiger partial charge in [-0.3, -0.25) is 4.79 Å². The van der Waals surface area contributed by atoms with E-state index in [0.29, 0.717) is 25.5 Å². The lowest BCUT2D eigenvalue weighted by Gasteiger charge is -2.32. The summed E-state index contributed by atoms with van der Waals surface area (Å²) in [5.74, 6) is -0.254. The molecule has 2 aromatic rings. The van der Waals surface area contributed by atoms with Crippen LogP contribution in [-0.2, 0) is 22.7 Å². The largest absolute Gasteiger partial charge is 0.488 e. The normalized spacial score (nSPS) is 19.6. The zero-order valence-corrected chi connectivity index (χ0v) is 18.3. The van der Waals surface area contributed by atoms with E-state index < -0.39 is 11.4 Å².